The van der Waals surface area contributed by atoms with Crippen LogP contribution in [0.3, 0.4) is 0 Å². The molecule has 3 N–H and O–H groups in total. The number of benzene rings is 2. The first-order valence-corrected chi connectivity index (χ1v) is 6.22. The van der Waals surface area contributed by atoms with Gasteiger partial charge in [0.1, 0.15) is 11.8 Å². The van der Waals surface area contributed by atoms with Gasteiger partial charge in [-0.2, -0.15) is 5.26 Å². The van der Waals surface area contributed by atoms with Gasteiger partial charge in [-0.25, -0.2) is 0 Å². The highest BCUT2D eigenvalue weighted by Crippen LogP contribution is 2.27. The summed E-state index contributed by atoms with van der Waals surface area (Å²) in [6, 6.07) is 13.3. The number of nitrogens with one attached hydrogen (secondary N) is 2. The van der Waals surface area contributed by atoms with Gasteiger partial charge in [0.15, 0.2) is 0 Å². The number of hydrogen-bond acceptors (Lipinski definition) is 4. The van der Waals surface area contributed by atoms with Gasteiger partial charge in [0, 0.05) is 24.0 Å². The number of allylic oxidation sites excluding steroid dienone is 2. The summed E-state index contributed by atoms with van der Waals surface area (Å²) < 4.78 is 0. The topological polar surface area (TPSA) is 79.9 Å². The number of nitrogens with zero attached hydrogens (tertiary/aromatic N) is 1. The summed E-state index contributed by atoms with van der Waals surface area (Å²) in [7, 11) is 0. The molecule has 20 heavy (non-hydrogen) atoms. The summed E-state index contributed by atoms with van der Waals surface area (Å²) in [4.78, 5) is 0. The molecule has 0 heterocycles. The predicted molar refractivity (Wildman–Crippen MR) is 79.5 cm³/mol. The number of phenolic OH excluding ortho intramolecular Hbond substituents is 1. The molecule has 0 aliphatic heterocycles. The predicted octanol–water partition coefficient (Wildman–Crippen LogP) is 3.08. The normalized spacial score (nSPS) is 11.6. The summed E-state index contributed by atoms with van der Waals surface area (Å²) >= 11 is 0. The van der Waals surface area contributed by atoms with Crippen LogP contribution in [0.4, 0.5) is 0 Å². The van der Waals surface area contributed by atoms with Crippen molar-refractivity contribution in [1.29, 1.82) is 10.7 Å². The van der Waals surface area contributed by atoms with E-state index in [4.69, 9.17) is 10.7 Å². The maximum absolute atomic E-state index is 10.0. The van der Waals surface area contributed by atoms with E-state index in [0.717, 1.165) is 22.6 Å². The zero-order valence-corrected chi connectivity index (χ0v) is 11.1. The molecule has 0 radical (unpaired) electrons. The van der Waals surface area contributed by atoms with Crippen molar-refractivity contribution in [2.24, 2.45) is 0 Å². The molecule has 0 aliphatic rings. The van der Waals surface area contributed by atoms with E-state index in [1.165, 1.54) is 0 Å². The lowest BCUT2D eigenvalue weighted by atomic mass is 10.0. The van der Waals surface area contributed by atoms with E-state index in [2.05, 4.69) is 5.32 Å². The maximum Gasteiger partial charge on any atom is 0.121 e. The minimum atomic E-state index is 0.220. The van der Waals surface area contributed by atoms with E-state index in [1.54, 1.807) is 13.0 Å². The van der Waals surface area contributed by atoms with Gasteiger partial charge in [-0.15, -0.1) is 0 Å². The second kappa shape index (κ2) is 5.89. The van der Waals surface area contributed by atoms with Gasteiger partial charge < -0.3 is 15.8 Å². The van der Waals surface area contributed by atoms with Crippen LogP contribution in [-0.4, -0.2) is 11.3 Å². The summed E-state index contributed by atoms with van der Waals surface area (Å²) in [5, 5.41) is 31.1. The lowest BCUT2D eigenvalue weighted by Crippen LogP contribution is -2.13. The fraction of sp³-hybridized carbons (Fsp3) is 0.125. The first kappa shape index (κ1) is 13.6. The Kier molecular flexibility index (Phi) is 4.02. The highest BCUT2D eigenvalue weighted by molar-refractivity contribution is 5.87. The molecule has 4 heteroatoms. The quantitative estimate of drug-likeness (QED) is 0.587. The van der Waals surface area contributed by atoms with E-state index in [1.807, 2.05) is 36.4 Å². The Bertz CT molecular complexity index is 726. The molecule has 0 fully saturated rings. The third-order valence-electron chi connectivity index (χ3n) is 3.21. The van der Waals surface area contributed by atoms with E-state index in [9.17, 15) is 5.11 Å². The maximum atomic E-state index is 10.0. The molecule has 100 valence electrons. The van der Waals surface area contributed by atoms with Crippen LogP contribution in [0.2, 0.25) is 0 Å². The van der Waals surface area contributed by atoms with Crippen molar-refractivity contribution in [2.45, 2.75) is 13.5 Å². The largest absolute Gasteiger partial charge is 0.508 e. The summed E-state index contributed by atoms with van der Waals surface area (Å²) in [6.07, 6.45) is 1.02. The average molecular weight is 265 g/mol. The van der Waals surface area contributed by atoms with Crippen LogP contribution < -0.4 is 5.32 Å². The summed E-state index contributed by atoms with van der Waals surface area (Å²) in [6.45, 7) is 2.14. The molecular weight excluding hydrogens is 250 g/mol. The lowest BCUT2D eigenvalue weighted by molar-refractivity contribution is 0.467. The first-order chi connectivity index (χ1) is 9.67. The molecule has 0 spiro atoms. The number of nitriles is 1. The fourth-order valence-electron chi connectivity index (χ4n) is 2.05. The number of fused-ring (bicyclic) bond motifs is 1. The second-order valence-electron chi connectivity index (χ2n) is 4.43. The number of hydrogen-bond donors (Lipinski definition) is 3. The molecule has 2 aromatic rings. The first-order valence-electron chi connectivity index (χ1n) is 6.22. The number of phenols is 1. The van der Waals surface area contributed by atoms with Crippen LogP contribution in [0.5, 0.6) is 5.75 Å². The molecule has 0 aromatic heterocycles. The average Bonchev–Trinajstić information content (AvgIpc) is 2.47. The van der Waals surface area contributed by atoms with E-state index in [-0.39, 0.29) is 11.3 Å². The van der Waals surface area contributed by atoms with E-state index in [0.29, 0.717) is 12.2 Å². The molecule has 0 saturated carbocycles. The van der Waals surface area contributed by atoms with Crippen LogP contribution >= 0.6 is 0 Å². The molecule has 0 aliphatic carbocycles. The molecule has 0 amide bonds. The van der Waals surface area contributed by atoms with Crippen LogP contribution in [0.1, 0.15) is 12.5 Å². The van der Waals surface area contributed by atoms with Crippen molar-refractivity contribution in [3.63, 3.8) is 0 Å². The Hall–Kier alpha value is -2.80. The Balaban J connectivity index is 2.35. The summed E-state index contributed by atoms with van der Waals surface area (Å²) in [5.74, 6) is 0.220. The Morgan fingerprint density at radius 2 is 2.10 bits per heavy atom. The minimum absolute atomic E-state index is 0.220. The molecule has 2 aromatic carbocycles. The van der Waals surface area contributed by atoms with Crippen molar-refractivity contribution in [2.75, 3.05) is 0 Å². The van der Waals surface area contributed by atoms with E-state index >= 15 is 0 Å². The number of aromatic hydroxyl groups is 1. The van der Waals surface area contributed by atoms with Crippen LogP contribution in [0.15, 0.2) is 47.7 Å². The molecule has 0 atom stereocenters. The van der Waals surface area contributed by atoms with Crippen molar-refractivity contribution >= 4 is 17.0 Å². The van der Waals surface area contributed by atoms with Gasteiger partial charge in [-0.05, 0) is 23.8 Å². The van der Waals surface area contributed by atoms with Gasteiger partial charge in [-0.3, -0.25) is 0 Å². The fourth-order valence-corrected chi connectivity index (χ4v) is 2.05. The zero-order valence-electron chi connectivity index (χ0n) is 11.1. The summed E-state index contributed by atoms with van der Waals surface area (Å²) in [5.41, 5.74) is 1.68. The highest BCUT2D eigenvalue weighted by Gasteiger charge is 2.07. The minimum Gasteiger partial charge on any atom is -0.508 e. The molecule has 0 bridgehead atoms. The van der Waals surface area contributed by atoms with E-state index < -0.39 is 0 Å². The molecule has 0 unspecified atom stereocenters. The monoisotopic (exact) mass is 265 g/mol. The molecule has 4 nitrogen and oxygen atoms in total. The third-order valence-corrected chi connectivity index (χ3v) is 3.21. The SMILES string of the molecule is C/C(NCc1c(O)ccc2ccccc12)=C(/C#N)C=N. The van der Waals surface area contributed by atoms with Crippen LogP contribution in [-0.2, 0) is 6.54 Å². The second-order valence-corrected chi connectivity index (χ2v) is 4.43. The van der Waals surface area contributed by atoms with Gasteiger partial charge in [0.25, 0.3) is 0 Å². The standard InChI is InChI=1S/C16H15N3O/c1-11(13(8-17)9-18)19-10-15-14-5-3-2-4-12(14)6-7-16(15)20/h2-8,17,19-20H,10H2,1H3/b13-11-,17-8?. The Labute approximate surface area is 117 Å². The van der Waals surface area contributed by atoms with Crippen LogP contribution in [0, 0.1) is 16.7 Å². The van der Waals surface area contributed by atoms with Gasteiger partial charge in [0.2, 0.25) is 0 Å². The van der Waals surface area contributed by atoms with Crippen molar-refractivity contribution < 1.29 is 5.11 Å². The zero-order chi connectivity index (χ0) is 14.5. The van der Waals surface area contributed by atoms with Gasteiger partial charge in [-0.1, -0.05) is 30.3 Å². The Morgan fingerprint density at radius 3 is 2.80 bits per heavy atom. The lowest BCUT2D eigenvalue weighted by Gasteiger charge is -2.12. The highest BCUT2D eigenvalue weighted by atomic mass is 16.3. The van der Waals surface area contributed by atoms with Gasteiger partial charge in [0.05, 0.1) is 5.57 Å². The van der Waals surface area contributed by atoms with Crippen molar-refractivity contribution in [3.05, 3.63) is 53.2 Å². The molecule has 2 rings (SSSR count). The molecule has 0 saturated heterocycles. The smallest absolute Gasteiger partial charge is 0.121 e. The third kappa shape index (κ3) is 2.62. The van der Waals surface area contributed by atoms with Crippen molar-refractivity contribution in [3.8, 4) is 11.8 Å². The molecular formula is C16H15N3O. The Morgan fingerprint density at radius 1 is 1.35 bits per heavy atom. The van der Waals surface area contributed by atoms with Crippen LogP contribution in [0.25, 0.3) is 10.8 Å². The number of rotatable bonds is 4. The van der Waals surface area contributed by atoms with Gasteiger partial charge >= 0.3 is 0 Å². The van der Waals surface area contributed by atoms with Crippen molar-refractivity contribution in [1.82, 2.24) is 5.32 Å².